The molecule has 0 aromatic heterocycles. The van der Waals surface area contributed by atoms with Crippen LogP contribution in [0.15, 0.2) is 24.3 Å². The third kappa shape index (κ3) is 4.24. The summed E-state index contributed by atoms with van der Waals surface area (Å²) in [6, 6.07) is 6.79. The van der Waals surface area contributed by atoms with Crippen LogP contribution in [0.4, 0.5) is 5.69 Å². The third-order valence-electron chi connectivity index (χ3n) is 1.83. The number of carbonyl (C=O) groups is 1. The summed E-state index contributed by atoms with van der Waals surface area (Å²) < 4.78 is 20.4. The van der Waals surface area contributed by atoms with Crippen molar-refractivity contribution in [2.75, 3.05) is 11.9 Å². The molecule has 0 saturated heterocycles. The lowest BCUT2D eigenvalue weighted by Gasteiger charge is -2.02. The number of hydrogen-bond donors (Lipinski definition) is 2. The van der Waals surface area contributed by atoms with Crippen molar-refractivity contribution in [3.8, 4) is 0 Å². The van der Waals surface area contributed by atoms with Gasteiger partial charge >= 0.3 is 0 Å². The van der Waals surface area contributed by atoms with Crippen LogP contribution < -0.4 is 5.32 Å². The maximum Gasteiger partial charge on any atom is 0.263 e. The monoisotopic (exact) mass is 241 g/mol. The number of rotatable bonds is 4. The molecule has 0 unspecified atom stereocenters. The molecule has 86 valence electrons. The normalized spacial score (nSPS) is 9.56. The molecule has 1 rings (SSSR count). The molecule has 0 spiro atoms. The lowest BCUT2D eigenvalue weighted by molar-refractivity contribution is -0.109. The zero-order valence-electron chi connectivity index (χ0n) is 8.38. The van der Waals surface area contributed by atoms with Crippen LogP contribution in [0.2, 0.25) is 0 Å². The Hall–Kier alpha value is -1.66. The van der Waals surface area contributed by atoms with E-state index in [2.05, 4.69) is 5.32 Å². The lowest BCUT2D eigenvalue weighted by atomic mass is 10.1. The Morgan fingerprint density at radius 3 is 2.44 bits per heavy atom. The SMILES string of the molecule is O=C(C=S(=O)=O)Nc1ccc(CCO)cc1. The molecule has 1 aromatic rings. The van der Waals surface area contributed by atoms with Crippen molar-refractivity contribution < 1.29 is 18.3 Å². The summed E-state index contributed by atoms with van der Waals surface area (Å²) in [6.07, 6.45) is 0.547. The molecule has 0 aliphatic heterocycles. The van der Waals surface area contributed by atoms with Crippen molar-refractivity contribution >= 4 is 27.3 Å². The van der Waals surface area contributed by atoms with Gasteiger partial charge in [-0.1, -0.05) is 12.1 Å². The van der Waals surface area contributed by atoms with Gasteiger partial charge in [0.2, 0.25) is 10.3 Å². The molecular weight excluding hydrogens is 230 g/mol. The number of carbonyl (C=O) groups excluding carboxylic acids is 1. The molecular formula is C10H11NO4S. The van der Waals surface area contributed by atoms with E-state index in [9.17, 15) is 13.2 Å². The van der Waals surface area contributed by atoms with Gasteiger partial charge in [-0.3, -0.25) is 4.79 Å². The average molecular weight is 241 g/mol. The van der Waals surface area contributed by atoms with Gasteiger partial charge < -0.3 is 10.4 Å². The summed E-state index contributed by atoms with van der Waals surface area (Å²) in [4.78, 5) is 11.0. The van der Waals surface area contributed by atoms with E-state index in [1.54, 1.807) is 24.3 Å². The van der Waals surface area contributed by atoms with Crippen LogP contribution in [0.3, 0.4) is 0 Å². The highest BCUT2D eigenvalue weighted by Crippen LogP contribution is 2.09. The fourth-order valence-corrected chi connectivity index (χ4v) is 1.38. The Kier molecular flexibility index (Phi) is 4.68. The van der Waals surface area contributed by atoms with Gasteiger partial charge in [0.15, 0.2) is 0 Å². The van der Waals surface area contributed by atoms with E-state index in [0.717, 1.165) is 5.56 Å². The molecule has 1 amide bonds. The van der Waals surface area contributed by atoms with Gasteiger partial charge in [-0.25, -0.2) is 0 Å². The first-order valence-electron chi connectivity index (χ1n) is 4.55. The number of aliphatic hydroxyl groups excluding tert-OH is 1. The molecule has 5 nitrogen and oxygen atoms in total. The number of aliphatic hydroxyl groups is 1. The minimum Gasteiger partial charge on any atom is -0.396 e. The standard InChI is InChI=1S/C10H11NO4S/c12-6-5-8-1-3-9(4-2-8)11-10(13)7-16(14)15/h1-4,7,12H,5-6H2,(H,11,13). The molecule has 0 atom stereocenters. The smallest absolute Gasteiger partial charge is 0.263 e. The Morgan fingerprint density at radius 2 is 1.94 bits per heavy atom. The molecule has 1 aromatic carbocycles. The van der Waals surface area contributed by atoms with Gasteiger partial charge in [-0.05, 0) is 24.1 Å². The quantitative estimate of drug-likeness (QED) is 0.717. The second kappa shape index (κ2) is 6.04. The third-order valence-corrected chi connectivity index (χ3v) is 2.23. The summed E-state index contributed by atoms with van der Waals surface area (Å²) in [5.74, 6) is -0.691. The number of nitrogens with one attached hydrogen (secondary N) is 1. The van der Waals surface area contributed by atoms with Gasteiger partial charge in [0, 0.05) is 12.3 Å². The minimum absolute atomic E-state index is 0.0641. The van der Waals surface area contributed by atoms with Crippen LogP contribution in [-0.4, -0.2) is 31.4 Å². The van der Waals surface area contributed by atoms with Crippen molar-refractivity contribution in [1.29, 1.82) is 0 Å². The molecule has 0 saturated carbocycles. The van der Waals surface area contributed by atoms with Crippen LogP contribution in [0, 0.1) is 0 Å². The Balaban J connectivity index is 2.68. The van der Waals surface area contributed by atoms with E-state index in [0.29, 0.717) is 17.5 Å². The fourth-order valence-electron chi connectivity index (χ4n) is 1.14. The van der Waals surface area contributed by atoms with Gasteiger partial charge in [0.25, 0.3) is 5.91 Å². The van der Waals surface area contributed by atoms with Crippen LogP contribution >= 0.6 is 0 Å². The topological polar surface area (TPSA) is 83.5 Å². The summed E-state index contributed by atoms with van der Waals surface area (Å²) in [5.41, 5.74) is 1.45. The lowest BCUT2D eigenvalue weighted by Crippen LogP contribution is -2.12. The molecule has 0 heterocycles. The molecule has 0 fully saturated rings. The maximum absolute atomic E-state index is 11.0. The number of amides is 1. The summed E-state index contributed by atoms with van der Waals surface area (Å²) in [7, 11) is -2.50. The van der Waals surface area contributed by atoms with Crippen LogP contribution in [0.25, 0.3) is 0 Å². The highest BCUT2D eigenvalue weighted by molar-refractivity contribution is 7.73. The van der Waals surface area contributed by atoms with Crippen molar-refractivity contribution in [1.82, 2.24) is 0 Å². The maximum atomic E-state index is 11.0. The number of benzene rings is 1. The predicted molar refractivity (Wildman–Crippen MR) is 60.8 cm³/mol. The highest BCUT2D eigenvalue weighted by atomic mass is 32.2. The molecule has 6 heteroatoms. The van der Waals surface area contributed by atoms with Crippen molar-refractivity contribution in [2.45, 2.75) is 6.42 Å². The Bertz CT molecular complexity index is 482. The predicted octanol–water partition coefficient (Wildman–Crippen LogP) is -0.159. The first-order valence-corrected chi connectivity index (χ1v) is 5.69. The zero-order chi connectivity index (χ0) is 12.0. The number of hydrogen-bond acceptors (Lipinski definition) is 4. The molecule has 0 bridgehead atoms. The first-order chi connectivity index (χ1) is 7.61. The molecule has 2 N–H and O–H groups in total. The Labute approximate surface area is 94.3 Å². The van der Waals surface area contributed by atoms with E-state index in [1.165, 1.54) is 0 Å². The Morgan fingerprint density at radius 1 is 1.31 bits per heavy atom. The van der Waals surface area contributed by atoms with Crippen molar-refractivity contribution in [2.24, 2.45) is 0 Å². The van der Waals surface area contributed by atoms with Gasteiger partial charge in [-0.2, -0.15) is 8.42 Å². The van der Waals surface area contributed by atoms with Gasteiger partial charge in [0.1, 0.15) is 5.37 Å². The highest BCUT2D eigenvalue weighted by Gasteiger charge is 1.99. The van der Waals surface area contributed by atoms with Gasteiger partial charge in [-0.15, -0.1) is 0 Å². The van der Waals surface area contributed by atoms with E-state index in [4.69, 9.17) is 5.11 Å². The first kappa shape index (κ1) is 12.4. The summed E-state index contributed by atoms with van der Waals surface area (Å²) in [6.45, 7) is 0.0641. The summed E-state index contributed by atoms with van der Waals surface area (Å²) >= 11 is 0. The minimum atomic E-state index is -2.50. The van der Waals surface area contributed by atoms with E-state index < -0.39 is 16.2 Å². The van der Waals surface area contributed by atoms with Gasteiger partial charge in [0.05, 0.1) is 0 Å². The van der Waals surface area contributed by atoms with E-state index >= 15 is 0 Å². The van der Waals surface area contributed by atoms with Crippen molar-refractivity contribution in [3.05, 3.63) is 29.8 Å². The average Bonchev–Trinajstić information content (AvgIpc) is 2.20. The van der Waals surface area contributed by atoms with Crippen LogP contribution in [0.5, 0.6) is 0 Å². The molecule has 0 aliphatic carbocycles. The largest absolute Gasteiger partial charge is 0.396 e. The second-order valence-corrected chi connectivity index (χ2v) is 3.79. The molecule has 0 radical (unpaired) electrons. The van der Waals surface area contributed by atoms with Crippen LogP contribution in [-0.2, 0) is 21.5 Å². The van der Waals surface area contributed by atoms with Crippen molar-refractivity contribution in [3.63, 3.8) is 0 Å². The fraction of sp³-hybridized carbons (Fsp3) is 0.200. The second-order valence-electron chi connectivity index (χ2n) is 3.04. The number of anilines is 1. The van der Waals surface area contributed by atoms with E-state index in [-0.39, 0.29) is 6.61 Å². The zero-order valence-corrected chi connectivity index (χ0v) is 9.20. The molecule has 16 heavy (non-hydrogen) atoms. The van der Waals surface area contributed by atoms with Crippen LogP contribution in [0.1, 0.15) is 5.56 Å². The van der Waals surface area contributed by atoms with E-state index in [1.807, 2.05) is 0 Å². The summed E-state index contributed by atoms with van der Waals surface area (Å²) in [5, 5.41) is 11.6. The molecule has 0 aliphatic rings.